The molecule has 5 N–H and O–H groups in total. The Balaban J connectivity index is 2.83. The Bertz CT molecular complexity index is 314. The highest BCUT2D eigenvalue weighted by atomic mass is 16.3. The van der Waals surface area contributed by atoms with Crippen LogP contribution in [0, 0.1) is 12.8 Å². The lowest BCUT2D eigenvalue weighted by molar-refractivity contribution is 0.433. The number of rotatable bonds is 5. The molecule has 3 nitrogen and oxygen atoms in total. The molecule has 3 heteroatoms. The summed E-state index contributed by atoms with van der Waals surface area (Å²) < 4.78 is 0. The van der Waals surface area contributed by atoms with Crippen molar-refractivity contribution in [3.8, 4) is 5.75 Å². The number of nitrogens with two attached hydrogens (primary N) is 2. The van der Waals surface area contributed by atoms with E-state index in [9.17, 15) is 5.11 Å². The van der Waals surface area contributed by atoms with Crippen molar-refractivity contribution in [3.05, 3.63) is 29.3 Å². The lowest BCUT2D eigenvalue weighted by atomic mass is 9.87. The van der Waals surface area contributed by atoms with Gasteiger partial charge in [-0.1, -0.05) is 19.1 Å². The molecule has 0 heterocycles. The Kier molecular flexibility index (Phi) is 4.77. The molecule has 0 bridgehead atoms. The van der Waals surface area contributed by atoms with Crippen molar-refractivity contribution in [2.45, 2.75) is 26.2 Å². The molecule has 16 heavy (non-hydrogen) atoms. The summed E-state index contributed by atoms with van der Waals surface area (Å²) in [6, 6.07) is 5.62. The molecule has 1 rings (SSSR count). The summed E-state index contributed by atoms with van der Waals surface area (Å²) in [6.07, 6.45) is 0.922. The summed E-state index contributed by atoms with van der Waals surface area (Å²) >= 11 is 0. The number of hydrogen-bond acceptors (Lipinski definition) is 3. The fourth-order valence-corrected chi connectivity index (χ4v) is 2.21. The van der Waals surface area contributed by atoms with E-state index in [4.69, 9.17) is 11.5 Å². The number of aromatic hydroxyl groups is 1. The van der Waals surface area contributed by atoms with Gasteiger partial charge in [0.25, 0.3) is 0 Å². The van der Waals surface area contributed by atoms with Gasteiger partial charge in [0.2, 0.25) is 0 Å². The minimum absolute atomic E-state index is 0.290. The second-order valence-electron chi connectivity index (χ2n) is 4.48. The van der Waals surface area contributed by atoms with Crippen LogP contribution in [0.5, 0.6) is 5.75 Å². The quantitative estimate of drug-likeness (QED) is 0.710. The zero-order valence-electron chi connectivity index (χ0n) is 10.1. The van der Waals surface area contributed by atoms with Crippen LogP contribution in [-0.2, 0) is 0 Å². The van der Waals surface area contributed by atoms with Gasteiger partial charge in [-0.25, -0.2) is 0 Å². The van der Waals surface area contributed by atoms with Gasteiger partial charge in [-0.3, -0.25) is 0 Å². The van der Waals surface area contributed by atoms with E-state index < -0.39 is 0 Å². The molecule has 0 radical (unpaired) electrons. The molecule has 0 aliphatic heterocycles. The summed E-state index contributed by atoms with van der Waals surface area (Å²) in [5, 5.41) is 9.86. The highest BCUT2D eigenvalue weighted by molar-refractivity contribution is 5.40. The van der Waals surface area contributed by atoms with Crippen molar-refractivity contribution in [1.29, 1.82) is 0 Å². The van der Waals surface area contributed by atoms with E-state index in [1.807, 2.05) is 19.1 Å². The first-order valence-corrected chi connectivity index (χ1v) is 5.78. The Hall–Kier alpha value is -1.06. The van der Waals surface area contributed by atoms with E-state index in [0.29, 0.717) is 30.7 Å². The van der Waals surface area contributed by atoms with E-state index in [-0.39, 0.29) is 0 Å². The second kappa shape index (κ2) is 5.87. The van der Waals surface area contributed by atoms with Crippen LogP contribution in [0.3, 0.4) is 0 Å². The third-order valence-corrected chi connectivity index (χ3v) is 3.15. The number of aryl methyl sites for hydroxylation is 1. The maximum absolute atomic E-state index is 9.86. The summed E-state index contributed by atoms with van der Waals surface area (Å²) in [4.78, 5) is 0. The fourth-order valence-electron chi connectivity index (χ4n) is 2.21. The van der Waals surface area contributed by atoms with Crippen molar-refractivity contribution >= 4 is 0 Å². The van der Waals surface area contributed by atoms with E-state index >= 15 is 0 Å². The molecule has 1 aromatic rings. The molecule has 0 amide bonds. The third-order valence-electron chi connectivity index (χ3n) is 3.15. The molecule has 0 saturated carbocycles. The lowest BCUT2D eigenvalue weighted by Crippen LogP contribution is -2.24. The highest BCUT2D eigenvalue weighted by Gasteiger charge is 2.16. The van der Waals surface area contributed by atoms with Gasteiger partial charge in [-0.05, 0) is 55.5 Å². The minimum atomic E-state index is 0.290. The topological polar surface area (TPSA) is 72.3 Å². The largest absolute Gasteiger partial charge is 0.508 e. The molecule has 0 aliphatic rings. The first-order chi connectivity index (χ1) is 7.60. The Morgan fingerprint density at radius 1 is 1.25 bits per heavy atom. The molecule has 1 unspecified atom stereocenters. The summed E-state index contributed by atoms with van der Waals surface area (Å²) in [5.41, 5.74) is 13.4. The lowest BCUT2D eigenvalue weighted by Gasteiger charge is -2.20. The third kappa shape index (κ3) is 2.97. The predicted octanol–water partition coefficient (Wildman–Crippen LogP) is 1.73. The summed E-state index contributed by atoms with van der Waals surface area (Å²) in [6.45, 7) is 5.34. The van der Waals surface area contributed by atoms with Gasteiger partial charge in [0, 0.05) is 0 Å². The van der Waals surface area contributed by atoms with Gasteiger partial charge < -0.3 is 16.6 Å². The Labute approximate surface area is 97.5 Å². The SMILES string of the molecule is Cc1cccc(O)c1C(C)CC(CN)CN. The number of phenolic OH excluding ortho intramolecular Hbond substituents is 1. The number of benzene rings is 1. The van der Waals surface area contributed by atoms with E-state index in [0.717, 1.165) is 17.5 Å². The first-order valence-electron chi connectivity index (χ1n) is 5.78. The van der Waals surface area contributed by atoms with Gasteiger partial charge in [0.15, 0.2) is 0 Å². The summed E-state index contributed by atoms with van der Waals surface area (Å²) in [5.74, 6) is 0.993. The van der Waals surface area contributed by atoms with Gasteiger partial charge in [0.05, 0.1) is 0 Å². The average Bonchev–Trinajstić information content (AvgIpc) is 2.25. The van der Waals surface area contributed by atoms with Crippen LogP contribution in [0.1, 0.15) is 30.4 Å². The van der Waals surface area contributed by atoms with Crippen LogP contribution in [-0.4, -0.2) is 18.2 Å². The fraction of sp³-hybridized carbons (Fsp3) is 0.538. The van der Waals surface area contributed by atoms with Crippen LogP contribution >= 0.6 is 0 Å². The molecule has 0 saturated heterocycles. The van der Waals surface area contributed by atoms with Gasteiger partial charge in [0.1, 0.15) is 5.75 Å². The predicted molar refractivity (Wildman–Crippen MR) is 67.5 cm³/mol. The Morgan fingerprint density at radius 2 is 1.88 bits per heavy atom. The van der Waals surface area contributed by atoms with E-state index in [1.54, 1.807) is 6.07 Å². The van der Waals surface area contributed by atoms with E-state index in [1.165, 1.54) is 0 Å². The molecule has 1 atom stereocenters. The normalized spacial score (nSPS) is 13.1. The summed E-state index contributed by atoms with van der Waals surface area (Å²) in [7, 11) is 0. The Morgan fingerprint density at radius 3 is 2.38 bits per heavy atom. The van der Waals surface area contributed by atoms with Crippen molar-refractivity contribution in [1.82, 2.24) is 0 Å². The number of phenols is 1. The average molecular weight is 222 g/mol. The molecule has 0 fully saturated rings. The molecular formula is C13H22N2O. The first kappa shape index (κ1) is 13.0. The molecule has 0 aromatic heterocycles. The molecule has 1 aromatic carbocycles. The van der Waals surface area contributed by atoms with Gasteiger partial charge >= 0.3 is 0 Å². The zero-order chi connectivity index (χ0) is 12.1. The zero-order valence-corrected chi connectivity index (χ0v) is 10.1. The van der Waals surface area contributed by atoms with Crippen LogP contribution < -0.4 is 11.5 Å². The number of hydrogen-bond donors (Lipinski definition) is 3. The van der Waals surface area contributed by atoms with Crippen LogP contribution in [0.2, 0.25) is 0 Å². The molecule has 90 valence electrons. The van der Waals surface area contributed by atoms with Crippen molar-refractivity contribution < 1.29 is 5.11 Å². The smallest absolute Gasteiger partial charge is 0.119 e. The van der Waals surface area contributed by atoms with Crippen LogP contribution in [0.25, 0.3) is 0 Å². The monoisotopic (exact) mass is 222 g/mol. The molecule has 0 aliphatic carbocycles. The highest BCUT2D eigenvalue weighted by Crippen LogP contribution is 2.32. The molecular weight excluding hydrogens is 200 g/mol. The maximum atomic E-state index is 9.86. The minimum Gasteiger partial charge on any atom is -0.508 e. The standard InChI is InChI=1S/C13H22N2O/c1-9-4-3-5-12(16)13(9)10(2)6-11(7-14)8-15/h3-5,10-11,16H,6-8,14-15H2,1-2H3. The second-order valence-corrected chi connectivity index (χ2v) is 4.48. The van der Waals surface area contributed by atoms with E-state index in [2.05, 4.69) is 6.92 Å². The van der Waals surface area contributed by atoms with Crippen LogP contribution in [0.4, 0.5) is 0 Å². The van der Waals surface area contributed by atoms with Gasteiger partial charge in [-0.2, -0.15) is 0 Å². The van der Waals surface area contributed by atoms with Crippen molar-refractivity contribution in [2.24, 2.45) is 17.4 Å². The van der Waals surface area contributed by atoms with Crippen molar-refractivity contribution in [2.75, 3.05) is 13.1 Å². The van der Waals surface area contributed by atoms with Gasteiger partial charge in [-0.15, -0.1) is 0 Å². The van der Waals surface area contributed by atoms with Crippen LogP contribution in [0.15, 0.2) is 18.2 Å². The van der Waals surface area contributed by atoms with Crippen molar-refractivity contribution in [3.63, 3.8) is 0 Å². The maximum Gasteiger partial charge on any atom is 0.119 e. The molecule has 0 spiro atoms.